The average molecular weight is 439 g/mol. The summed E-state index contributed by atoms with van der Waals surface area (Å²) in [6.45, 7) is 1.93. The summed E-state index contributed by atoms with van der Waals surface area (Å²) in [6, 6.07) is 18.8. The zero-order chi connectivity index (χ0) is 22.8. The number of anilines is 1. The van der Waals surface area contributed by atoms with Crippen molar-refractivity contribution in [3.8, 4) is 22.8 Å². The number of aryl methyl sites for hydroxylation is 1. The van der Waals surface area contributed by atoms with Gasteiger partial charge < -0.3 is 10.1 Å². The molecule has 0 unspecified atom stereocenters. The van der Waals surface area contributed by atoms with Crippen LogP contribution in [-0.2, 0) is 11.2 Å². The van der Waals surface area contributed by atoms with E-state index < -0.39 is 0 Å². The average Bonchev–Trinajstić information content (AvgIpc) is 3.46. The zero-order valence-electron chi connectivity index (χ0n) is 18.1. The number of hydrogen-bond donors (Lipinski definition) is 1. The lowest BCUT2D eigenvalue weighted by molar-refractivity contribution is -0.115. The highest BCUT2D eigenvalue weighted by atomic mass is 16.5. The first-order chi connectivity index (χ1) is 16.1. The minimum absolute atomic E-state index is 0.0927. The molecule has 0 aliphatic heterocycles. The molecule has 0 fully saturated rings. The number of ether oxygens (including phenoxy) is 1. The highest BCUT2D eigenvalue weighted by Gasteiger charge is 2.17. The van der Waals surface area contributed by atoms with Gasteiger partial charge in [-0.1, -0.05) is 18.2 Å². The predicted octanol–water partition coefficient (Wildman–Crippen LogP) is 3.48. The Balaban J connectivity index is 1.50. The van der Waals surface area contributed by atoms with E-state index in [1.54, 1.807) is 28.4 Å². The Kier molecular flexibility index (Phi) is 5.27. The second-order valence-corrected chi connectivity index (χ2v) is 7.48. The topological polar surface area (TPSA) is 99.2 Å². The molecule has 0 atom stereocenters. The third-order valence-electron chi connectivity index (χ3n) is 5.14. The van der Waals surface area contributed by atoms with Gasteiger partial charge in [0.25, 0.3) is 0 Å². The summed E-state index contributed by atoms with van der Waals surface area (Å²) in [6.07, 6.45) is 3.48. The molecule has 4 aromatic heterocycles. The predicted molar refractivity (Wildman–Crippen MR) is 123 cm³/mol. The summed E-state index contributed by atoms with van der Waals surface area (Å²) < 4.78 is 8.76. The molecule has 0 bridgehead atoms. The molecule has 1 amide bonds. The van der Waals surface area contributed by atoms with E-state index in [9.17, 15) is 4.79 Å². The van der Waals surface area contributed by atoms with E-state index in [0.717, 1.165) is 22.6 Å². The number of para-hydroxylation sites is 2. The number of carbonyl (C=O) groups excluding carboxylic acids is 1. The quantitative estimate of drug-likeness (QED) is 0.435. The maximum absolute atomic E-state index is 12.8. The van der Waals surface area contributed by atoms with Gasteiger partial charge in [0.15, 0.2) is 11.5 Å². The monoisotopic (exact) mass is 439 g/mol. The minimum Gasteiger partial charge on any atom is -0.495 e. The van der Waals surface area contributed by atoms with Crippen molar-refractivity contribution in [3.63, 3.8) is 0 Å². The molecule has 0 saturated carbocycles. The molecule has 33 heavy (non-hydrogen) atoms. The number of methoxy groups -OCH3 is 1. The van der Waals surface area contributed by atoms with Crippen LogP contribution in [0.25, 0.3) is 22.7 Å². The smallest absolute Gasteiger partial charge is 0.230 e. The SMILES string of the molecule is COc1ccccc1NC(=O)Cc1cc(-c2ccc3ncnn3c2)n(-c2cccc(C)n2)n1. The lowest BCUT2D eigenvalue weighted by Crippen LogP contribution is -2.15. The summed E-state index contributed by atoms with van der Waals surface area (Å²) in [5, 5.41) is 11.8. The van der Waals surface area contributed by atoms with Gasteiger partial charge in [-0.25, -0.2) is 19.2 Å². The van der Waals surface area contributed by atoms with Crippen molar-refractivity contribution in [1.82, 2.24) is 29.4 Å². The molecule has 5 aromatic rings. The number of nitrogens with one attached hydrogen (secondary N) is 1. The number of benzene rings is 1. The zero-order valence-corrected chi connectivity index (χ0v) is 18.1. The van der Waals surface area contributed by atoms with Crippen LogP contribution < -0.4 is 10.1 Å². The Morgan fingerprint density at radius 3 is 2.82 bits per heavy atom. The number of pyridine rings is 2. The molecule has 0 spiro atoms. The summed E-state index contributed by atoms with van der Waals surface area (Å²) in [5.74, 6) is 1.07. The van der Waals surface area contributed by atoms with Gasteiger partial charge >= 0.3 is 0 Å². The maximum Gasteiger partial charge on any atom is 0.230 e. The second-order valence-electron chi connectivity index (χ2n) is 7.48. The molecule has 0 saturated heterocycles. The number of fused-ring (bicyclic) bond motifs is 1. The number of nitrogens with zero attached hydrogens (tertiary/aromatic N) is 6. The Bertz CT molecular complexity index is 1450. The summed E-state index contributed by atoms with van der Waals surface area (Å²) >= 11 is 0. The summed E-state index contributed by atoms with van der Waals surface area (Å²) in [7, 11) is 1.57. The van der Waals surface area contributed by atoms with Crippen molar-refractivity contribution in [2.75, 3.05) is 12.4 Å². The van der Waals surface area contributed by atoms with Crippen LogP contribution in [0.1, 0.15) is 11.4 Å². The van der Waals surface area contributed by atoms with Gasteiger partial charge in [-0.15, -0.1) is 0 Å². The van der Waals surface area contributed by atoms with Crippen LogP contribution in [0.2, 0.25) is 0 Å². The van der Waals surface area contributed by atoms with Crippen molar-refractivity contribution in [1.29, 1.82) is 0 Å². The van der Waals surface area contributed by atoms with Crippen molar-refractivity contribution >= 4 is 17.2 Å². The fourth-order valence-electron chi connectivity index (χ4n) is 3.62. The van der Waals surface area contributed by atoms with Crippen LogP contribution in [-0.4, -0.2) is 42.4 Å². The third-order valence-corrected chi connectivity index (χ3v) is 5.14. The number of carbonyl (C=O) groups is 1. The molecule has 9 nitrogen and oxygen atoms in total. The summed E-state index contributed by atoms with van der Waals surface area (Å²) in [5.41, 5.74) is 4.51. The first-order valence-corrected chi connectivity index (χ1v) is 10.4. The van der Waals surface area contributed by atoms with E-state index in [-0.39, 0.29) is 12.3 Å². The van der Waals surface area contributed by atoms with Crippen LogP contribution >= 0.6 is 0 Å². The van der Waals surface area contributed by atoms with E-state index in [4.69, 9.17) is 9.84 Å². The lowest BCUT2D eigenvalue weighted by atomic mass is 10.1. The van der Waals surface area contributed by atoms with Crippen LogP contribution in [0.4, 0.5) is 5.69 Å². The molecule has 9 heteroatoms. The molecule has 1 N–H and O–H groups in total. The van der Waals surface area contributed by atoms with Crippen molar-refractivity contribution in [3.05, 3.63) is 84.6 Å². The van der Waals surface area contributed by atoms with E-state index >= 15 is 0 Å². The van der Waals surface area contributed by atoms with E-state index in [2.05, 4.69) is 20.4 Å². The lowest BCUT2D eigenvalue weighted by Gasteiger charge is -2.09. The van der Waals surface area contributed by atoms with Gasteiger partial charge in [0.2, 0.25) is 5.91 Å². The first kappa shape index (κ1) is 20.4. The van der Waals surface area contributed by atoms with Gasteiger partial charge in [0.05, 0.1) is 30.6 Å². The Morgan fingerprint density at radius 2 is 1.97 bits per heavy atom. The van der Waals surface area contributed by atoms with Gasteiger partial charge in [-0.2, -0.15) is 10.2 Å². The molecule has 0 aliphatic rings. The van der Waals surface area contributed by atoms with Gasteiger partial charge in [0, 0.05) is 17.5 Å². The number of rotatable bonds is 6. The van der Waals surface area contributed by atoms with Crippen LogP contribution in [0.3, 0.4) is 0 Å². The minimum atomic E-state index is -0.195. The van der Waals surface area contributed by atoms with E-state index in [0.29, 0.717) is 22.9 Å². The summed E-state index contributed by atoms with van der Waals surface area (Å²) in [4.78, 5) is 21.6. The normalized spacial score (nSPS) is 11.0. The van der Waals surface area contributed by atoms with Crippen LogP contribution in [0.5, 0.6) is 5.75 Å². The standard InChI is InChI=1S/C24H21N7O2/c1-16-6-5-9-23(27-16)31-20(17-10-11-22-25-15-26-30(22)14-17)12-18(29-31)13-24(32)28-19-7-3-4-8-21(19)33-2/h3-12,14-15H,13H2,1-2H3,(H,28,32). The molecule has 5 rings (SSSR count). The highest BCUT2D eigenvalue weighted by Crippen LogP contribution is 2.26. The second kappa shape index (κ2) is 8.54. The number of amides is 1. The Morgan fingerprint density at radius 1 is 1.09 bits per heavy atom. The third kappa shape index (κ3) is 4.16. The fraction of sp³-hybridized carbons (Fsp3) is 0.125. The number of hydrogen-bond acceptors (Lipinski definition) is 6. The Hall–Kier alpha value is -4.53. The van der Waals surface area contributed by atoms with E-state index in [1.807, 2.05) is 61.7 Å². The molecular formula is C24H21N7O2. The molecule has 1 aromatic carbocycles. The van der Waals surface area contributed by atoms with Crippen LogP contribution in [0, 0.1) is 6.92 Å². The molecule has 164 valence electrons. The van der Waals surface area contributed by atoms with Crippen molar-refractivity contribution in [2.45, 2.75) is 13.3 Å². The van der Waals surface area contributed by atoms with Crippen molar-refractivity contribution in [2.24, 2.45) is 0 Å². The van der Waals surface area contributed by atoms with Gasteiger partial charge in [0.1, 0.15) is 12.1 Å². The first-order valence-electron chi connectivity index (χ1n) is 10.4. The van der Waals surface area contributed by atoms with Gasteiger partial charge in [-0.3, -0.25) is 4.79 Å². The van der Waals surface area contributed by atoms with Crippen LogP contribution in [0.15, 0.2) is 73.2 Å². The molecule has 0 aliphatic carbocycles. The number of aromatic nitrogens is 6. The van der Waals surface area contributed by atoms with Crippen molar-refractivity contribution < 1.29 is 9.53 Å². The van der Waals surface area contributed by atoms with Gasteiger partial charge in [-0.05, 0) is 49.4 Å². The molecule has 4 heterocycles. The maximum atomic E-state index is 12.8. The molecule has 0 radical (unpaired) electrons. The Labute approximate surface area is 189 Å². The van der Waals surface area contributed by atoms with E-state index in [1.165, 1.54) is 6.33 Å². The fourth-order valence-corrected chi connectivity index (χ4v) is 3.62. The largest absolute Gasteiger partial charge is 0.495 e. The highest BCUT2D eigenvalue weighted by molar-refractivity contribution is 5.93. The molecular weight excluding hydrogens is 418 g/mol.